The van der Waals surface area contributed by atoms with Gasteiger partial charge in [0.05, 0.1) is 12.5 Å². The van der Waals surface area contributed by atoms with Crippen LogP contribution in [0.5, 0.6) is 23.0 Å². The molecule has 0 atom stereocenters. The first-order valence-electron chi connectivity index (χ1n) is 9.76. The first-order chi connectivity index (χ1) is 15.5. The second-order valence-electron chi connectivity index (χ2n) is 6.95. The van der Waals surface area contributed by atoms with Crippen LogP contribution < -0.4 is 19.6 Å². The van der Waals surface area contributed by atoms with Crippen LogP contribution in [0.3, 0.4) is 0 Å². The Morgan fingerprint density at radius 2 is 1.72 bits per heavy atom. The van der Waals surface area contributed by atoms with E-state index in [1.165, 1.54) is 7.11 Å². The number of carbonyl (C=O) groups excluding carboxylic acids is 1. The van der Waals surface area contributed by atoms with Crippen LogP contribution in [0, 0.1) is 6.92 Å². The van der Waals surface area contributed by atoms with Crippen molar-refractivity contribution in [1.82, 2.24) is 0 Å². The van der Waals surface area contributed by atoms with Crippen molar-refractivity contribution in [3.05, 3.63) is 93.3 Å². The number of aryl methyl sites for hydroxylation is 1. The molecule has 0 aliphatic rings. The lowest BCUT2D eigenvalue weighted by atomic mass is 10.1. The van der Waals surface area contributed by atoms with E-state index < -0.39 is 0 Å². The average Bonchev–Trinajstić information content (AvgIpc) is 2.80. The molecule has 0 unspecified atom stereocenters. The van der Waals surface area contributed by atoms with Crippen molar-refractivity contribution < 1.29 is 23.4 Å². The van der Waals surface area contributed by atoms with Gasteiger partial charge in [-0.25, -0.2) is 0 Å². The molecular weight excluding hydrogens is 432 g/mol. The Hall–Kier alpha value is -3.77. The summed E-state index contributed by atoms with van der Waals surface area (Å²) in [6.45, 7) is 1.48. The maximum Gasteiger partial charge on any atom is 0.235 e. The van der Waals surface area contributed by atoms with E-state index in [9.17, 15) is 9.59 Å². The molecule has 4 rings (SSSR count). The summed E-state index contributed by atoms with van der Waals surface area (Å²) in [5.74, 6) is 1.50. The Labute approximate surface area is 188 Å². The molecule has 1 aromatic heterocycles. The smallest absolute Gasteiger partial charge is 0.235 e. The molecular formula is C25H19ClO6. The Bertz CT molecular complexity index is 1340. The number of halogens is 1. The third-order valence-corrected chi connectivity index (χ3v) is 5.06. The third kappa shape index (κ3) is 4.45. The van der Waals surface area contributed by atoms with Crippen molar-refractivity contribution in [2.24, 2.45) is 0 Å². The standard InChI is InChI=1S/C25H19ClO6/c1-15-25(32-22-6-4-3-5-21(22)29-2)24(28)19-12-11-18(13-23(19)31-15)30-14-20(27)16-7-9-17(26)10-8-16/h3-13H,14H2,1-2H3. The van der Waals surface area contributed by atoms with Crippen LogP contribution in [0.2, 0.25) is 5.02 Å². The molecule has 0 saturated heterocycles. The number of Topliss-reactive ketones (excluding diaryl/α,β-unsaturated/α-hetero) is 1. The largest absolute Gasteiger partial charge is 0.493 e. The van der Waals surface area contributed by atoms with Crippen LogP contribution in [0.15, 0.2) is 75.9 Å². The summed E-state index contributed by atoms with van der Waals surface area (Å²) >= 11 is 5.85. The van der Waals surface area contributed by atoms with Crippen molar-refractivity contribution in [3.8, 4) is 23.0 Å². The van der Waals surface area contributed by atoms with Gasteiger partial charge in [-0.05, 0) is 55.5 Å². The van der Waals surface area contributed by atoms with Gasteiger partial charge in [-0.15, -0.1) is 0 Å². The van der Waals surface area contributed by atoms with Crippen LogP contribution in [0.1, 0.15) is 16.1 Å². The average molecular weight is 451 g/mol. The normalized spacial score (nSPS) is 10.7. The predicted molar refractivity (Wildman–Crippen MR) is 122 cm³/mol. The Morgan fingerprint density at radius 1 is 1.00 bits per heavy atom. The number of rotatable bonds is 7. The number of methoxy groups -OCH3 is 1. The van der Waals surface area contributed by atoms with Gasteiger partial charge in [0.1, 0.15) is 17.1 Å². The number of ketones is 1. The molecule has 4 aromatic rings. The van der Waals surface area contributed by atoms with Crippen LogP contribution in [-0.4, -0.2) is 19.5 Å². The van der Waals surface area contributed by atoms with E-state index in [1.807, 2.05) is 0 Å². The summed E-state index contributed by atoms with van der Waals surface area (Å²) in [6, 6.07) is 18.4. The number of hydrogen-bond donors (Lipinski definition) is 0. The number of fused-ring (bicyclic) bond motifs is 1. The number of benzene rings is 3. The van der Waals surface area contributed by atoms with E-state index in [0.717, 1.165) is 0 Å². The first kappa shape index (κ1) is 21.5. The molecule has 0 saturated carbocycles. The molecule has 0 N–H and O–H groups in total. The van der Waals surface area contributed by atoms with Crippen LogP contribution >= 0.6 is 11.6 Å². The lowest BCUT2D eigenvalue weighted by Crippen LogP contribution is -2.12. The SMILES string of the molecule is COc1ccccc1Oc1c(C)oc2cc(OCC(=O)c3ccc(Cl)cc3)ccc2c1=O. The lowest BCUT2D eigenvalue weighted by Gasteiger charge is -2.12. The molecule has 0 spiro atoms. The zero-order valence-electron chi connectivity index (χ0n) is 17.4. The third-order valence-electron chi connectivity index (χ3n) is 4.80. The molecule has 6 nitrogen and oxygen atoms in total. The minimum atomic E-state index is -0.321. The molecule has 0 amide bonds. The van der Waals surface area contributed by atoms with E-state index >= 15 is 0 Å². The van der Waals surface area contributed by atoms with Gasteiger partial charge in [0, 0.05) is 16.7 Å². The fraction of sp³-hybridized carbons (Fsp3) is 0.120. The fourth-order valence-electron chi connectivity index (χ4n) is 3.16. The summed E-state index contributed by atoms with van der Waals surface area (Å²) < 4.78 is 22.5. The van der Waals surface area contributed by atoms with Crippen molar-refractivity contribution >= 4 is 28.4 Å². The second kappa shape index (κ2) is 9.16. The summed E-state index contributed by atoms with van der Waals surface area (Å²) in [5, 5.41) is 0.883. The van der Waals surface area contributed by atoms with E-state index in [-0.39, 0.29) is 23.6 Å². The van der Waals surface area contributed by atoms with E-state index in [0.29, 0.717) is 44.6 Å². The van der Waals surface area contributed by atoms with Crippen LogP contribution in [0.4, 0.5) is 0 Å². The van der Waals surface area contributed by atoms with Crippen molar-refractivity contribution in [2.45, 2.75) is 6.92 Å². The summed E-state index contributed by atoms with van der Waals surface area (Å²) in [4.78, 5) is 25.3. The molecule has 0 aliphatic carbocycles. The van der Waals surface area contributed by atoms with E-state index in [1.54, 1.807) is 73.7 Å². The van der Waals surface area contributed by atoms with Gasteiger partial charge >= 0.3 is 0 Å². The van der Waals surface area contributed by atoms with Crippen molar-refractivity contribution in [2.75, 3.05) is 13.7 Å². The molecule has 3 aromatic carbocycles. The van der Waals surface area contributed by atoms with Crippen molar-refractivity contribution in [3.63, 3.8) is 0 Å². The Morgan fingerprint density at radius 3 is 2.44 bits per heavy atom. The monoisotopic (exact) mass is 450 g/mol. The molecule has 0 fully saturated rings. The number of ether oxygens (including phenoxy) is 3. The molecule has 32 heavy (non-hydrogen) atoms. The van der Waals surface area contributed by atoms with Crippen molar-refractivity contribution in [1.29, 1.82) is 0 Å². The molecule has 162 valence electrons. The highest BCUT2D eigenvalue weighted by Crippen LogP contribution is 2.32. The zero-order valence-corrected chi connectivity index (χ0v) is 18.1. The Kier molecular flexibility index (Phi) is 6.14. The maximum atomic E-state index is 13.0. The summed E-state index contributed by atoms with van der Waals surface area (Å²) in [6.07, 6.45) is 0. The Balaban J connectivity index is 1.57. The minimum absolute atomic E-state index is 0.0774. The molecule has 1 heterocycles. The van der Waals surface area contributed by atoms with Crippen LogP contribution in [-0.2, 0) is 0 Å². The maximum absolute atomic E-state index is 13.0. The highest BCUT2D eigenvalue weighted by Gasteiger charge is 2.16. The highest BCUT2D eigenvalue weighted by molar-refractivity contribution is 6.30. The second-order valence-corrected chi connectivity index (χ2v) is 7.38. The molecule has 0 radical (unpaired) electrons. The van der Waals surface area contributed by atoms with Gasteiger partial charge in [0.2, 0.25) is 11.2 Å². The van der Waals surface area contributed by atoms with Gasteiger partial charge in [0.25, 0.3) is 0 Å². The van der Waals surface area contributed by atoms with Gasteiger partial charge < -0.3 is 18.6 Å². The van der Waals surface area contributed by atoms with Gasteiger partial charge in [-0.3, -0.25) is 9.59 Å². The number of hydrogen-bond acceptors (Lipinski definition) is 6. The van der Waals surface area contributed by atoms with E-state index in [2.05, 4.69) is 0 Å². The highest BCUT2D eigenvalue weighted by atomic mass is 35.5. The number of para-hydroxylation sites is 2. The van der Waals surface area contributed by atoms with Gasteiger partial charge in [-0.1, -0.05) is 23.7 Å². The molecule has 7 heteroatoms. The molecule has 0 aliphatic heterocycles. The zero-order chi connectivity index (χ0) is 22.7. The fourth-order valence-corrected chi connectivity index (χ4v) is 3.28. The topological polar surface area (TPSA) is 75.0 Å². The lowest BCUT2D eigenvalue weighted by molar-refractivity contribution is 0.0921. The minimum Gasteiger partial charge on any atom is -0.493 e. The summed E-state index contributed by atoms with van der Waals surface area (Å²) in [5.41, 5.74) is 0.505. The summed E-state index contributed by atoms with van der Waals surface area (Å²) in [7, 11) is 1.52. The number of carbonyl (C=O) groups is 1. The van der Waals surface area contributed by atoms with Crippen LogP contribution in [0.25, 0.3) is 11.0 Å². The van der Waals surface area contributed by atoms with Gasteiger partial charge in [-0.2, -0.15) is 0 Å². The molecule has 0 bridgehead atoms. The first-order valence-corrected chi connectivity index (χ1v) is 10.1. The quantitative estimate of drug-likeness (QED) is 0.330. The van der Waals surface area contributed by atoms with Gasteiger partial charge in [0.15, 0.2) is 23.9 Å². The predicted octanol–water partition coefficient (Wildman–Crippen LogP) is 5.82. The van der Waals surface area contributed by atoms with E-state index in [4.69, 9.17) is 30.2 Å².